The molecule has 2 aromatic rings. The Labute approximate surface area is 104 Å². The lowest BCUT2D eigenvalue weighted by Gasteiger charge is -2.07. The van der Waals surface area contributed by atoms with Gasteiger partial charge in [0, 0.05) is 16.8 Å². The van der Waals surface area contributed by atoms with E-state index in [1.54, 1.807) is 24.7 Å². The van der Waals surface area contributed by atoms with Crippen LogP contribution in [0, 0.1) is 6.92 Å². The predicted molar refractivity (Wildman–Crippen MR) is 65.9 cm³/mol. The molecule has 1 aromatic heterocycles. The van der Waals surface area contributed by atoms with Gasteiger partial charge in [0.15, 0.2) is 0 Å². The number of hydrogen-bond acceptors (Lipinski definition) is 2. The fourth-order valence-corrected chi connectivity index (χ4v) is 1.66. The maximum Gasteiger partial charge on any atom is 0.251 e. The zero-order chi connectivity index (χ0) is 12.3. The zero-order valence-electron chi connectivity index (χ0n) is 9.33. The number of carbonyl (C=O) groups is 1. The molecule has 0 aliphatic carbocycles. The summed E-state index contributed by atoms with van der Waals surface area (Å²) in [6.45, 7) is 2.30. The molecule has 0 bridgehead atoms. The van der Waals surface area contributed by atoms with E-state index < -0.39 is 0 Å². The highest BCUT2D eigenvalue weighted by Crippen LogP contribution is 2.15. The van der Waals surface area contributed by atoms with Crippen LogP contribution in [0.5, 0.6) is 0 Å². The lowest BCUT2D eigenvalue weighted by Crippen LogP contribution is -2.23. The average molecular weight is 250 g/mol. The van der Waals surface area contributed by atoms with Gasteiger partial charge in [0.1, 0.15) is 0 Å². The molecule has 0 aliphatic heterocycles. The molecule has 1 aromatic carbocycles. The van der Waals surface area contributed by atoms with Crippen LogP contribution in [-0.2, 0) is 6.54 Å². The lowest BCUT2D eigenvalue weighted by atomic mass is 10.1. The van der Waals surface area contributed by atoms with E-state index in [2.05, 4.69) is 15.3 Å². The van der Waals surface area contributed by atoms with E-state index in [0.29, 0.717) is 17.1 Å². The Balaban J connectivity index is 2.07. The quantitative estimate of drug-likeness (QED) is 0.877. The van der Waals surface area contributed by atoms with Crippen molar-refractivity contribution in [3.8, 4) is 0 Å². The highest BCUT2D eigenvalue weighted by Gasteiger charge is 2.09. The van der Waals surface area contributed by atoms with E-state index in [9.17, 15) is 4.79 Å². The standard InChI is InChI=1S/C12H12ClN3O/c1-8-2-3-9(13)4-11(8)12(17)15-6-10-5-14-7-16-10/h2-5,7H,6H2,1H3,(H,14,16)(H,15,17). The number of H-pyrrole nitrogens is 1. The number of hydrogen-bond donors (Lipinski definition) is 2. The molecule has 0 radical (unpaired) electrons. The van der Waals surface area contributed by atoms with Crippen molar-refractivity contribution in [2.75, 3.05) is 0 Å². The Morgan fingerprint density at radius 1 is 1.53 bits per heavy atom. The van der Waals surface area contributed by atoms with Crippen molar-refractivity contribution in [1.29, 1.82) is 0 Å². The molecule has 2 rings (SSSR count). The Hall–Kier alpha value is -1.81. The van der Waals surface area contributed by atoms with Crippen LogP contribution in [-0.4, -0.2) is 15.9 Å². The van der Waals surface area contributed by atoms with Crippen molar-refractivity contribution in [2.45, 2.75) is 13.5 Å². The van der Waals surface area contributed by atoms with Crippen LogP contribution in [0.1, 0.15) is 21.6 Å². The summed E-state index contributed by atoms with van der Waals surface area (Å²) in [5, 5.41) is 3.36. The zero-order valence-corrected chi connectivity index (χ0v) is 10.1. The number of aryl methyl sites for hydroxylation is 1. The second kappa shape index (κ2) is 5.01. The normalized spacial score (nSPS) is 10.2. The molecule has 0 saturated carbocycles. The van der Waals surface area contributed by atoms with E-state index in [0.717, 1.165) is 11.3 Å². The monoisotopic (exact) mass is 249 g/mol. The molecule has 0 saturated heterocycles. The summed E-state index contributed by atoms with van der Waals surface area (Å²) in [6, 6.07) is 5.26. The van der Waals surface area contributed by atoms with Crippen LogP contribution in [0.2, 0.25) is 5.02 Å². The maximum absolute atomic E-state index is 11.9. The molecular weight excluding hydrogens is 238 g/mol. The first-order valence-corrected chi connectivity index (χ1v) is 5.56. The van der Waals surface area contributed by atoms with E-state index in [4.69, 9.17) is 11.6 Å². The van der Waals surface area contributed by atoms with Gasteiger partial charge in [0.05, 0.1) is 18.6 Å². The van der Waals surface area contributed by atoms with Crippen molar-refractivity contribution < 1.29 is 4.79 Å². The summed E-state index contributed by atoms with van der Waals surface area (Å²) in [4.78, 5) is 18.7. The third-order valence-electron chi connectivity index (χ3n) is 2.44. The highest BCUT2D eigenvalue weighted by atomic mass is 35.5. The van der Waals surface area contributed by atoms with E-state index in [1.165, 1.54) is 0 Å². The molecule has 0 fully saturated rings. The number of aromatic amines is 1. The van der Waals surface area contributed by atoms with Gasteiger partial charge in [-0.25, -0.2) is 4.98 Å². The minimum absolute atomic E-state index is 0.139. The van der Waals surface area contributed by atoms with Gasteiger partial charge in [-0.15, -0.1) is 0 Å². The molecule has 17 heavy (non-hydrogen) atoms. The number of halogens is 1. The van der Waals surface area contributed by atoms with Crippen LogP contribution in [0.4, 0.5) is 0 Å². The Morgan fingerprint density at radius 2 is 2.35 bits per heavy atom. The van der Waals surface area contributed by atoms with Gasteiger partial charge >= 0.3 is 0 Å². The van der Waals surface area contributed by atoms with E-state index in [1.807, 2.05) is 13.0 Å². The Bertz CT molecular complexity index is 523. The number of amides is 1. The third-order valence-corrected chi connectivity index (χ3v) is 2.67. The molecule has 1 heterocycles. The predicted octanol–water partition coefficient (Wildman–Crippen LogP) is 2.30. The molecular formula is C12H12ClN3O. The minimum Gasteiger partial charge on any atom is -0.347 e. The van der Waals surface area contributed by atoms with Crippen LogP contribution in [0.3, 0.4) is 0 Å². The number of nitrogens with zero attached hydrogens (tertiary/aromatic N) is 1. The van der Waals surface area contributed by atoms with Gasteiger partial charge in [0.2, 0.25) is 0 Å². The number of imidazole rings is 1. The first-order chi connectivity index (χ1) is 8.16. The Kier molecular flexibility index (Phi) is 3.44. The number of aromatic nitrogens is 2. The molecule has 0 spiro atoms. The summed E-state index contributed by atoms with van der Waals surface area (Å²) in [7, 11) is 0. The summed E-state index contributed by atoms with van der Waals surface area (Å²) < 4.78 is 0. The first-order valence-electron chi connectivity index (χ1n) is 5.18. The van der Waals surface area contributed by atoms with Gasteiger partial charge in [-0.2, -0.15) is 0 Å². The number of nitrogens with one attached hydrogen (secondary N) is 2. The largest absolute Gasteiger partial charge is 0.347 e. The second-order valence-electron chi connectivity index (χ2n) is 3.72. The van der Waals surface area contributed by atoms with Crippen molar-refractivity contribution >= 4 is 17.5 Å². The van der Waals surface area contributed by atoms with Crippen molar-refractivity contribution in [3.05, 3.63) is 52.6 Å². The molecule has 0 aliphatic rings. The summed E-state index contributed by atoms with van der Waals surface area (Å²) in [6.07, 6.45) is 3.25. The summed E-state index contributed by atoms with van der Waals surface area (Å²) >= 11 is 5.86. The topological polar surface area (TPSA) is 57.8 Å². The summed E-state index contributed by atoms with van der Waals surface area (Å²) in [5.74, 6) is -0.139. The third kappa shape index (κ3) is 2.85. The second-order valence-corrected chi connectivity index (χ2v) is 4.16. The molecule has 0 atom stereocenters. The van der Waals surface area contributed by atoms with Crippen molar-refractivity contribution in [2.24, 2.45) is 0 Å². The number of carbonyl (C=O) groups excluding carboxylic acids is 1. The van der Waals surface area contributed by atoms with Crippen LogP contribution < -0.4 is 5.32 Å². The van der Waals surface area contributed by atoms with Crippen LogP contribution in [0.15, 0.2) is 30.7 Å². The average Bonchev–Trinajstić information content (AvgIpc) is 2.82. The van der Waals surface area contributed by atoms with Gasteiger partial charge < -0.3 is 10.3 Å². The fraction of sp³-hybridized carbons (Fsp3) is 0.167. The molecule has 88 valence electrons. The fourth-order valence-electron chi connectivity index (χ4n) is 1.49. The van der Waals surface area contributed by atoms with Gasteiger partial charge in [-0.1, -0.05) is 17.7 Å². The summed E-state index contributed by atoms with van der Waals surface area (Å²) in [5.41, 5.74) is 2.35. The minimum atomic E-state index is -0.139. The highest BCUT2D eigenvalue weighted by molar-refractivity contribution is 6.31. The van der Waals surface area contributed by atoms with Crippen LogP contribution in [0.25, 0.3) is 0 Å². The molecule has 5 heteroatoms. The van der Waals surface area contributed by atoms with Crippen LogP contribution >= 0.6 is 11.6 Å². The van der Waals surface area contributed by atoms with Gasteiger partial charge in [-0.3, -0.25) is 4.79 Å². The SMILES string of the molecule is Cc1ccc(Cl)cc1C(=O)NCc1cnc[nH]1. The van der Waals surface area contributed by atoms with E-state index in [-0.39, 0.29) is 5.91 Å². The molecule has 4 nitrogen and oxygen atoms in total. The lowest BCUT2D eigenvalue weighted by molar-refractivity contribution is 0.0950. The smallest absolute Gasteiger partial charge is 0.251 e. The maximum atomic E-state index is 11.9. The van der Waals surface area contributed by atoms with E-state index >= 15 is 0 Å². The molecule has 1 amide bonds. The van der Waals surface area contributed by atoms with Crippen molar-refractivity contribution in [3.63, 3.8) is 0 Å². The number of benzene rings is 1. The van der Waals surface area contributed by atoms with Crippen molar-refractivity contribution in [1.82, 2.24) is 15.3 Å². The Morgan fingerprint density at radius 3 is 3.06 bits per heavy atom. The van der Waals surface area contributed by atoms with Gasteiger partial charge in [0.25, 0.3) is 5.91 Å². The first kappa shape index (κ1) is 11.7. The number of rotatable bonds is 3. The van der Waals surface area contributed by atoms with Gasteiger partial charge in [-0.05, 0) is 24.6 Å². The molecule has 0 unspecified atom stereocenters. The molecule has 2 N–H and O–H groups in total.